The summed E-state index contributed by atoms with van der Waals surface area (Å²) in [5.41, 5.74) is 7.64. The molecule has 2 nitrogen and oxygen atoms in total. The Morgan fingerprint density at radius 2 is 1.18 bits per heavy atom. The highest BCUT2D eigenvalue weighted by atomic mass is 15.3. The predicted molar refractivity (Wildman–Crippen MR) is 145 cm³/mol. The number of hydrogen-bond acceptors (Lipinski definition) is 2. The largest absolute Gasteiger partial charge is 0.332 e. The number of rotatable bonds is 2. The van der Waals surface area contributed by atoms with Crippen molar-refractivity contribution in [2.45, 2.75) is 100 Å². The van der Waals surface area contributed by atoms with Gasteiger partial charge in [0.05, 0.1) is 6.67 Å². The summed E-state index contributed by atoms with van der Waals surface area (Å²) in [6.45, 7) is 28.8. The van der Waals surface area contributed by atoms with Crippen LogP contribution < -0.4 is 4.90 Å². The molecular formula is C31H48N2. The first-order valence-corrected chi connectivity index (χ1v) is 12.7. The molecule has 0 bridgehead atoms. The van der Waals surface area contributed by atoms with E-state index in [2.05, 4.69) is 136 Å². The summed E-state index contributed by atoms with van der Waals surface area (Å²) in [5.74, 6) is 0.547. The third-order valence-electron chi connectivity index (χ3n) is 7.19. The Bertz CT molecular complexity index is 930. The van der Waals surface area contributed by atoms with Gasteiger partial charge in [0.1, 0.15) is 0 Å². The van der Waals surface area contributed by atoms with Crippen LogP contribution >= 0.6 is 0 Å². The van der Waals surface area contributed by atoms with Crippen molar-refractivity contribution in [2.75, 3.05) is 11.6 Å². The Morgan fingerprint density at radius 3 is 1.64 bits per heavy atom. The minimum Gasteiger partial charge on any atom is -0.332 e. The zero-order valence-electron chi connectivity index (χ0n) is 23.4. The van der Waals surface area contributed by atoms with Gasteiger partial charge in [0, 0.05) is 23.8 Å². The highest BCUT2D eigenvalue weighted by Gasteiger charge is 2.32. The van der Waals surface area contributed by atoms with Crippen LogP contribution in [0.3, 0.4) is 0 Å². The van der Waals surface area contributed by atoms with E-state index in [4.69, 9.17) is 0 Å². The van der Waals surface area contributed by atoms with Crippen molar-refractivity contribution in [2.24, 2.45) is 16.7 Å². The van der Waals surface area contributed by atoms with Gasteiger partial charge in [-0.3, -0.25) is 0 Å². The monoisotopic (exact) mass is 448 g/mol. The number of hydrogen-bond donors (Lipinski definition) is 0. The smallest absolute Gasteiger partial charge is 0.0986 e. The molecule has 0 unspecified atom stereocenters. The summed E-state index contributed by atoms with van der Waals surface area (Å²) in [4.78, 5) is 4.87. The van der Waals surface area contributed by atoms with E-state index in [-0.39, 0.29) is 21.7 Å². The molecular weight excluding hydrogens is 400 g/mol. The molecule has 33 heavy (non-hydrogen) atoms. The molecule has 0 spiro atoms. The molecule has 1 aromatic rings. The molecule has 0 aromatic heterocycles. The molecule has 0 amide bonds. The second-order valence-electron chi connectivity index (χ2n) is 14.3. The minimum atomic E-state index is 0.122. The molecule has 2 heteroatoms. The summed E-state index contributed by atoms with van der Waals surface area (Å²) in [6.07, 6.45) is 10.6. The van der Waals surface area contributed by atoms with Crippen LogP contribution in [-0.2, 0) is 10.8 Å². The third kappa shape index (κ3) is 5.94. The number of benzene rings is 1. The topological polar surface area (TPSA) is 6.48 Å². The van der Waals surface area contributed by atoms with Gasteiger partial charge in [-0.2, -0.15) is 0 Å². The SMILES string of the molecule is CC(C)(C)C1=C[C@H](C(C)(C)C)CC(N2C=CN(c3cc(C(C)(C)C)cc(C(C)(C)C)c3)C2)=C1. The second-order valence-corrected chi connectivity index (χ2v) is 14.3. The van der Waals surface area contributed by atoms with E-state index in [9.17, 15) is 0 Å². The van der Waals surface area contributed by atoms with Gasteiger partial charge in [-0.25, -0.2) is 0 Å². The van der Waals surface area contributed by atoms with Gasteiger partial charge in [-0.1, -0.05) is 95.2 Å². The fraction of sp³-hybridized carbons (Fsp3) is 0.613. The Balaban J connectivity index is 1.93. The van der Waals surface area contributed by atoms with Crippen LogP contribution in [0.2, 0.25) is 0 Å². The summed E-state index contributed by atoms with van der Waals surface area (Å²) in [6, 6.07) is 7.17. The number of allylic oxidation sites excluding steroid dienone is 4. The van der Waals surface area contributed by atoms with Crippen molar-refractivity contribution in [1.29, 1.82) is 0 Å². The molecule has 1 aliphatic carbocycles. The van der Waals surface area contributed by atoms with Crippen molar-refractivity contribution in [3.05, 3.63) is 65.1 Å². The van der Waals surface area contributed by atoms with E-state index in [1.807, 2.05) is 0 Å². The fourth-order valence-corrected chi connectivity index (χ4v) is 4.43. The molecule has 0 saturated heterocycles. The summed E-state index contributed by atoms with van der Waals surface area (Å²) < 4.78 is 0. The number of nitrogens with zero attached hydrogens (tertiary/aromatic N) is 2. The van der Waals surface area contributed by atoms with Crippen molar-refractivity contribution in [1.82, 2.24) is 4.90 Å². The van der Waals surface area contributed by atoms with E-state index >= 15 is 0 Å². The highest BCUT2D eigenvalue weighted by Crippen LogP contribution is 2.42. The van der Waals surface area contributed by atoms with E-state index in [1.165, 1.54) is 28.1 Å². The average molecular weight is 449 g/mol. The van der Waals surface area contributed by atoms with Crippen LogP contribution in [0, 0.1) is 16.7 Å². The summed E-state index contributed by atoms with van der Waals surface area (Å²) in [5, 5.41) is 0. The highest BCUT2D eigenvalue weighted by molar-refractivity contribution is 5.57. The lowest BCUT2D eigenvalue weighted by Gasteiger charge is -2.38. The maximum Gasteiger partial charge on any atom is 0.0986 e. The van der Waals surface area contributed by atoms with E-state index in [0.717, 1.165) is 13.1 Å². The minimum absolute atomic E-state index is 0.122. The lowest BCUT2D eigenvalue weighted by Crippen LogP contribution is -2.31. The Labute approximate surface area is 204 Å². The van der Waals surface area contributed by atoms with Gasteiger partial charge in [0.25, 0.3) is 0 Å². The maximum atomic E-state index is 2.53. The molecule has 182 valence electrons. The van der Waals surface area contributed by atoms with E-state index < -0.39 is 0 Å². The van der Waals surface area contributed by atoms with Gasteiger partial charge in [-0.15, -0.1) is 0 Å². The Kier molecular flexibility index (Phi) is 6.50. The van der Waals surface area contributed by atoms with Crippen molar-refractivity contribution in [3.8, 4) is 0 Å². The van der Waals surface area contributed by atoms with Crippen LogP contribution in [-0.4, -0.2) is 11.6 Å². The molecule has 1 aromatic carbocycles. The van der Waals surface area contributed by atoms with Gasteiger partial charge in [0.2, 0.25) is 0 Å². The summed E-state index contributed by atoms with van der Waals surface area (Å²) >= 11 is 0. The molecule has 0 N–H and O–H groups in total. The third-order valence-corrected chi connectivity index (χ3v) is 7.19. The van der Waals surface area contributed by atoms with Crippen LogP contribution in [0.15, 0.2) is 54.0 Å². The van der Waals surface area contributed by atoms with E-state index in [1.54, 1.807) is 0 Å². The zero-order valence-corrected chi connectivity index (χ0v) is 23.4. The molecule has 0 saturated carbocycles. The lowest BCUT2D eigenvalue weighted by molar-refractivity contribution is 0.267. The molecule has 0 radical (unpaired) electrons. The normalized spacial score (nSPS) is 20.3. The Morgan fingerprint density at radius 1 is 0.667 bits per heavy atom. The van der Waals surface area contributed by atoms with Gasteiger partial charge in [-0.05, 0) is 68.9 Å². The molecule has 2 aliphatic rings. The molecule has 3 rings (SSSR count). The standard InChI is InChI=1S/C31H48N2/c1-28(2,3)22-15-23(29(4,5)6)18-26(17-22)32-13-14-33(21-32)27-19-24(30(7,8)9)16-25(20-27)31(10,11)12/h13-19,25H,20-21H2,1-12H3/t25-/m0/s1. The first-order valence-electron chi connectivity index (χ1n) is 12.7. The van der Waals surface area contributed by atoms with Crippen LogP contribution in [0.25, 0.3) is 0 Å². The lowest BCUT2D eigenvalue weighted by atomic mass is 9.71. The van der Waals surface area contributed by atoms with E-state index in [0.29, 0.717) is 5.92 Å². The van der Waals surface area contributed by atoms with Crippen molar-refractivity contribution < 1.29 is 0 Å². The zero-order chi connectivity index (χ0) is 25.0. The molecule has 1 atom stereocenters. The first-order chi connectivity index (χ1) is 14.9. The van der Waals surface area contributed by atoms with Gasteiger partial charge >= 0.3 is 0 Å². The quantitative estimate of drug-likeness (QED) is 0.446. The van der Waals surface area contributed by atoms with Crippen LogP contribution in [0.1, 0.15) is 101 Å². The maximum absolute atomic E-state index is 2.53. The molecule has 1 heterocycles. The predicted octanol–water partition coefficient (Wildman–Crippen LogP) is 8.75. The van der Waals surface area contributed by atoms with Gasteiger partial charge < -0.3 is 9.80 Å². The molecule has 0 fully saturated rings. The second kappa shape index (κ2) is 8.36. The Hall–Kier alpha value is -1.96. The summed E-state index contributed by atoms with van der Waals surface area (Å²) in [7, 11) is 0. The van der Waals surface area contributed by atoms with Gasteiger partial charge in [0.15, 0.2) is 0 Å². The van der Waals surface area contributed by atoms with Crippen LogP contribution in [0.5, 0.6) is 0 Å². The average Bonchev–Trinajstić information content (AvgIpc) is 3.15. The van der Waals surface area contributed by atoms with Crippen LogP contribution in [0.4, 0.5) is 5.69 Å². The van der Waals surface area contributed by atoms with Crippen molar-refractivity contribution in [3.63, 3.8) is 0 Å². The first kappa shape index (κ1) is 25.7. The fourth-order valence-electron chi connectivity index (χ4n) is 4.43. The van der Waals surface area contributed by atoms with Crippen molar-refractivity contribution >= 4 is 5.69 Å². The molecule has 1 aliphatic heterocycles. The number of anilines is 1.